The standard InChI is InChI=1S/C16H27N3O/c1-2-3-4-5-6-7-12-18-13-14-8-10-15(11-9-14)16(17)19-20/h8-11,18,20H,2-7,12-13H2,1H3,(H2,17,19). The van der Waals surface area contributed by atoms with Crippen molar-refractivity contribution in [3.8, 4) is 0 Å². The number of rotatable bonds is 10. The van der Waals surface area contributed by atoms with E-state index in [1.807, 2.05) is 24.3 Å². The maximum atomic E-state index is 8.59. The van der Waals surface area contributed by atoms with Gasteiger partial charge in [-0.05, 0) is 18.5 Å². The van der Waals surface area contributed by atoms with Crippen LogP contribution >= 0.6 is 0 Å². The van der Waals surface area contributed by atoms with Gasteiger partial charge < -0.3 is 16.3 Å². The molecule has 0 aliphatic carbocycles. The molecule has 0 saturated heterocycles. The van der Waals surface area contributed by atoms with E-state index in [9.17, 15) is 0 Å². The maximum Gasteiger partial charge on any atom is 0.170 e. The molecule has 0 fully saturated rings. The molecule has 0 bridgehead atoms. The average molecular weight is 277 g/mol. The van der Waals surface area contributed by atoms with Crippen LogP contribution < -0.4 is 11.1 Å². The molecule has 0 aliphatic rings. The van der Waals surface area contributed by atoms with Crippen molar-refractivity contribution >= 4 is 5.84 Å². The second kappa shape index (κ2) is 10.3. The molecule has 4 nitrogen and oxygen atoms in total. The number of amidine groups is 1. The fourth-order valence-electron chi connectivity index (χ4n) is 2.11. The van der Waals surface area contributed by atoms with Crippen LogP contribution in [0.25, 0.3) is 0 Å². The van der Waals surface area contributed by atoms with Crippen molar-refractivity contribution in [3.05, 3.63) is 35.4 Å². The summed E-state index contributed by atoms with van der Waals surface area (Å²) in [6.45, 7) is 4.17. The molecule has 4 heteroatoms. The third kappa shape index (κ3) is 6.57. The summed E-state index contributed by atoms with van der Waals surface area (Å²) < 4.78 is 0. The number of nitrogens with one attached hydrogen (secondary N) is 1. The molecule has 0 heterocycles. The van der Waals surface area contributed by atoms with E-state index < -0.39 is 0 Å². The van der Waals surface area contributed by atoms with Crippen molar-refractivity contribution in [1.82, 2.24) is 5.32 Å². The number of oxime groups is 1. The molecule has 0 aromatic heterocycles. The molecule has 4 N–H and O–H groups in total. The first-order valence-electron chi connectivity index (χ1n) is 7.55. The summed E-state index contributed by atoms with van der Waals surface area (Å²) in [4.78, 5) is 0. The molecule has 20 heavy (non-hydrogen) atoms. The Morgan fingerprint density at radius 2 is 1.75 bits per heavy atom. The summed E-state index contributed by atoms with van der Waals surface area (Å²) in [7, 11) is 0. The Bertz CT molecular complexity index is 387. The van der Waals surface area contributed by atoms with Gasteiger partial charge >= 0.3 is 0 Å². The van der Waals surface area contributed by atoms with E-state index in [1.54, 1.807) is 0 Å². The molecule has 0 aliphatic heterocycles. The topological polar surface area (TPSA) is 70.6 Å². The zero-order valence-corrected chi connectivity index (χ0v) is 12.4. The number of unbranched alkanes of at least 4 members (excludes halogenated alkanes) is 5. The predicted octanol–water partition coefficient (Wildman–Crippen LogP) is 3.23. The van der Waals surface area contributed by atoms with Crippen LogP contribution in [0.3, 0.4) is 0 Å². The quantitative estimate of drug-likeness (QED) is 0.202. The first-order chi connectivity index (χ1) is 9.77. The van der Waals surface area contributed by atoms with Crippen LogP contribution in [0.4, 0.5) is 0 Å². The van der Waals surface area contributed by atoms with Crippen LogP contribution in [0, 0.1) is 0 Å². The summed E-state index contributed by atoms with van der Waals surface area (Å²) in [6.07, 6.45) is 7.94. The second-order valence-electron chi connectivity index (χ2n) is 5.13. The summed E-state index contributed by atoms with van der Waals surface area (Å²) >= 11 is 0. The molecule has 0 unspecified atom stereocenters. The van der Waals surface area contributed by atoms with E-state index in [0.29, 0.717) is 0 Å². The lowest BCUT2D eigenvalue weighted by Crippen LogP contribution is -2.15. The highest BCUT2D eigenvalue weighted by atomic mass is 16.4. The van der Waals surface area contributed by atoms with Gasteiger partial charge in [0.15, 0.2) is 5.84 Å². The van der Waals surface area contributed by atoms with Gasteiger partial charge in [-0.25, -0.2) is 0 Å². The van der Waals surface area contributed by atoms with E-state index in [4.69, 9.17) is 10.9 Å². The van der Waals surface area contributed by atoms with Gasteiger partial charge in [0.1, 0.15) is 0 Å². The highest BCUT2D eigenvalue weighted by Gasteiger charge is 1.99. The van der Waals surface area contributed by atoms with Gasteiger partial charge in [0.25, 0.3) is 0 Å². The molecule has 0 atom stereocenters. The van der Waals surface area contributed by atoms with Gasteiger partial charge in [0.05, 0.1) is 0 Å². The number of hydrogen-bond acceptors (Lipinski definition) is 3. The lowest BCUT2D eigenvalue weighted by atomic mass is 10.1. The highest BCUT2D eigenvalue weighted by Crippen LogP contribution is 2.06. The first-order valence-corrected chi connectivity index (χ1v) is 7.55. The van der Waals surface area contributed by atoms with Gasteiger partial charge in [-0.2, -0.15) is 0 Å². The summed E-state index contributed by atoms with van der Waals surface area (Å²) in [5, 5.41) is 15.0. The molecule has 1 aromatic rings. The van der Waals surface area contributed by atoms with Crippen LogP contribution in [-0.4, -0.2) is 17.6 Å². The van der Waals surface area contributed by atoms with Gasteiger partial charge in [0, 0.05) is 12.1 Å². The molecular weight excluding hydrogens is 250 g/mol. The van der Waals surface area contributed by atoms with Crippen LogP contribution in [0.2, 0.25) is 0 Å². The highest BCUT2D eigenvalue weighted by molar-refractivity contribution is 5.96. The zero-order valence-electron chi connectivity index (χ0n) is 12.4. The first kappa shape index (κ1) is 16.5. The minimum Gasteiger partial charge on any atom is -0.409 e. The van der Waals surface area contributed by atoms with Crippen molar-refractivity contribution in [2.24, 2.45) is 10.9 Å². The minimum atomic E-state index is 0.150. The van der Waals surface area contributed by atoms with E-state index >= 15 is 0 Å². The Morgan fingerprint density at radius 1 is 1.10 bits per heavy atom. The van der Waals surface area contributed by atoms with Gasteiger partial charge in [-0.1, -0.05) is 68.4 Å². The van der Waals surface area contributed by atoms with Crippen molar-refractivity contribution in [3.63, 3.8) is 0 Å². The Hall–Kier alpha value is -1.55. The van der Waals surface area contributed by atoms with Gasteiger partial charge in [-0.3, -0.25) is 0 Å². The van der Waals surface area contributed by atoms with E-state index in [-0.39, 0.29) is 5.84 Å². The van der Waals surface area contributed by atoms with Gasteiger partial charge in [-0.15, -0.1) is 0 Å². The van der Waals surface area contributed by atoms with Crippen LogP contribution in [0.1, 0.15) is 56.6 Å². The SMILES string of the molecule is CCCCCCCCNCc1ccc(/C(N)=N/O)cc1. The fraction of sp³-hybridized carbons (Fsp3) is 0.562. The Kier molecular flexibility index (Phi) is 8.47. The normalized spacial score (nSPS) is 11.8. The average Bonchev–Trinajstić information content (AvgIpc) is 2.50. The molecule has 0 spiro atoms. The lowest BCUT2D eigenvalue weighted by molar-refractivity contribution is 0.318. The summed E-state index contributed by atoms with van der Waals surface area (Å²) in [5.74, 6) is 0.150. The summed E-state index contributed by atoms with van der Waals surface area (Å²) in [6, 6.07) is 7.75. The van der Waals surface area contributed by atoms with Crippen molar-refractivity contribution in [1.29, 1.82) is 0 Å². The maximum absolute atomic E-state index is 8.59. The van der Waals surface area contributed by atoms with Crippen LogP contribution in [0.15, 0.2) is 29.4 Å². The molecule has 112 valence electrons. The minimum absolute atomic E-state index is 0.150. The Morgan fingerprint density at radius 3 is 2.40 bits per heavy atom. The largest absolute Gasteiger partial charge is 0.409 e. The molecular formula is C16H27N3O. The number of benzene rings is 1. The fourth-order valence-corrected chi connectivity index (χ4v) is 2.11. The number of nitrogens with two attached hydrogens (primary N) is 1. The molecule has 1 rings (SSSR count). The molecule has 0 radical (unpaired) electrons. The number of hydrogen-bond donors (Lipinski definition) is 3. The Labute approximate surface area is 122 Å². The van der Waals surface area contributed by atoms with Crippen LogP contribution in [0.5, 0.6) is 0 Å². The monoisotopic (exact) mass is 277 g/mol. The van der Waals surface area contributed by atoms with Gasteiger partial charge in [0.2, 0.25) is 0 Å². The second-order valence-corrected chi connectivity index (χ2v) is 5.13. The lowest BCUT2D eigenvalue weighted by Gasteiger charge is -2.06. The molecule has 0 saturated carbocycles. The van der Waals surface area contributed by atoms with Crippen molar-refractivity contribution in [2.75, 3.05) is 6.54 Å². The van der Waals surface area contributed by atoms with Crippen LogP contribution in [-0.2, 0) is 6.54 Å². The smallest absolute Gasteiger partial charge is 0.170 e. The van der Waals surface area contributed by atoms with E-state index in [0.717, 1.165) is 18.7 Å². The zero-order chi connectivity index (χ0) is 14.6. The number of nitrogens with zero attached hydrogens (tertiary/aromatic N) is 1. The van der Waals surface area contributed by atoms with E-state index in [1.165, 1.54) is 44.1 Å². The third-order valence-corrected chi connectivity index (χ3v) is 3.39. The van der Waals surface area contributed by atoms with Crippen molar-refractivity contribution in [2.45, 2.75) is 52.0 Å². The summed E-state index contributed by atoms with van der Waals surface area (Å²) in [5.41, 5.74) is 7.47. The molecule has 1 aromatic carbocycles. The van der Waals surface area contributed by atoms with E-state index in [2.05, 4.69) is 17.4 Å². The van der Waals surface area contributed by atoms with Crippen molar-refractivity contribution < 1.29 is 5.21 Å². The Balaban J connectivity index is 2.13. The molecule has 0 amide bonds. The predicted molar refractivity (Wildman–Crippen MR) is 84.0 cm³/mol. The third-order valence-electron chi connectivity index (χ3n) is 3.39.